The van der Waals surface area contributed by atoms with Crippen molar-refractivity contribution in [1.29, 1.82) is 0 Å². The van der Waals surface area contributed by atoms with Gasteiger partial charge in [-0.15, -0.1) is 0 Å². The maximum atomic E-state index is 5.68. The molecule has 0 aliphatic carbocycles. The summed E-state index contributed by atoms with van der Waals surface area (Å²) < 4.78 is 5.68. The van der Waals surface area contributed by atoms with Gasteiger partial charge in [-0.2, -0.15) is 0 Å². The number of fused-ring (bicyclic) bond motifs is 1. The van der Waals surface area contributed by atoms with Crippen LogP contribution < -0.4 is 0 Å². The molecule has 0 saturated carbocycles. The smallest absolute Gasteiger partial charge is 0.111 e. The Labute approximate surface area is 104 Å². The Morgan fingerprint density at radius 3 is 3.00 bits per heavy atom. The van der Waals surface area contributed by atoms with Gasteiger partial charge in [-0.3, -0.25) is 9.80 Å². The minimum Gasteiger partial charge on any atom is -0.497 e. The Morgan fingerprint density at radius 2 is 2.12 bits per heavy atom. The third-order valence-corrected chi connectivity index (χ3v) is 4.41. The summed E-state index contributed by atoms with van der Waals surface area (Å²) in [6.07, 6.45) is 11.1. The van der Waals surface area contributed by atoms with Gasteiger partial charge >= 0.3 is 0 Å². The van der Waals surface area contributed by atoms with Crippen molar-refractivity contribution < 1.29 is 4.74 Å². The zero-order valence-electron chi connectivity index (χ0n) is 10.7. The molecular formula is C14H24N2O. The first-order chi connectivity index (χ1) is 8.42. The molecule has 0 amide bonds. The van der Waals surface area contributed by atoms with Crippen LogP contribution in [0, 0.1) is 0 Å². The molecule has 0 spiro atoms. The van der Waals surface area contributed by atoms with Crippen molar-refractivity contribution in [3.05, 3.63) is 12.3 Å². The SMILES string of the molecule is C1=COC(CN2CCN3CCCCC3C2)CC1. The van der Waals surface area contributed by atoms with Crippen LogP contribution in [0.25, 0.3) is 0 Å². The fourth-order valence-electron chi connectivity index (χ4n) is 3.39. The van der Waals surface area contributed by atoms with Gasteiger partial charge in [-0.1, -0.05) is 6.42 Å². The molecule has 2 atom stereocenters. The standard InChI is InChI=1S/C14H24N2O/c1-3-7-16-9-8-15(11-13(16)5-1)12-14-6-2-4-10-17-14/h4,10,13-14H,1-3,5-9,11-12H2. The molecule has 17 heavy (non-hydrogen) atoms. The molecule has 3 rings (SSSR count). The van der Waals surface area contributed by atoms with Crippen LogP contribution in [-0.2, 0) is 4.74 Å². The van der Waals surface area contributed by atoms with E-state index >= 15 is 0 Å². The summed E-state index contributed by atoms with van der Waals surface area (Å²) in [5.41, 5.74) is 0. The Balaban J connectivity index is 1.50. The molecule has 0 aromatic heterocycles. The van der Waals surface area contributed by atoms with Gasteiger partial charge in [-0.25, -0.2) is 0 Å². The molecule has 0 radical (unpaired) electrons. The van der Waals surface area contributed by atoms with Crippen molar-refractivity contribution >= 4 is 0 Å². The van der Waals surface area contributed by atoms with Crippen LogP contribution in [0.15, 0.2) is 12.3 Å². The second-order valence-corrected chi connectivity index (χ2v) is 5.65. The molecule has 2 saturated heterocycles. The molecule has 3 heterocycles. The lowest BCUT2D eigenvalue weighted by Gasteiger charge is -2.44. The minimum absolute atomic E-state index is 0.440. The van der Waals surface area contributed by atoms with Crippen LogP contribution in [0.5, 0.6) is 0 Å². The quantitative estimate of drug-likeness (QED) is 0.728. The summed E-state index contributed by atoms with van der Waals surface area (Å²) >= 11 is 0. The van der Waals surface area contributed by atoms with E-state index in [1.807, 2.05) is 6.26 Å². The Hall–Kier alpha value is -0.540. The first-order valence-electron chi connectivity index (χ1n) is 7.19. The van der Waals surface area contributed by atoms with E-state index in [1.165, 1.54) is 58.3 Å². The molecule has 0 bridgehead atoms. The van der Waals surface area contributed by atoms with Crippen LogP contribution in [0.4, 0.5) is 0 Å². The van der Waals surface area contributed by atoms with Gasteiger partial charge < -0.3 is 4.74 Å². The zero-order valence-corrected chi connectivity index (χ0v) is 10.7. The van der Waals surface area contributed by atoms with Crippen LogP contribution in [0.1, 0.15) is 32.1 Å². The largest absolute Gasteiger partial charge is 0.497 e. The molecule has 3 heteroatoms. The van der Waals surface area contributed by atoms with Crippen molar-refractivity contribution in [3.8, 4) is 0 Å². The Bertz CT molecular complexity index is 279. The number of allylic oxidation sites excluding steroid dienone is 1. The molecule has 3 aliphatic rings. The summed E-state index contributed by atoms with van der Waals surface area (Å²) in [7, 11) is 0. The van der Waals surface area contributed by atoms with Gasteiger partial charge in [0.2, 0.25) is 0 Å². The molecule has 0 aromatic rings. The summed E-state index contributed by atoms with van der Waals surface area (Å²) in [5.74, 6) is 0. The average molecular weight is 236 g/mol. The van der Waals surface area contributed by atoms with Gasteiger partial charge in [0, 0.05) is 32.2 Å². The zero-order chi connectivity index (χ0) is 11.5. The van der Waals surface area contributed by atoms with E-state index in [9.17, 15) is 0 Å². The third kappa shape index (κ3) is 2.83. The molecule has 0 N–H and O–H groups in total. The van der Waals surface area contributed by atoms with Crippen LogP contribution >= 0.6 is 0 Å². The first-order valence-corrected chi connectivity index (χ1v) is 7.19. The van der Waals surface area contributed by atoms with Gasteiger partial charge in [0.1, 0.15) is 6.10 Å². The van der Waals surface area contributed by atoms with E-state index in [1.54, 1.807) is 0 Å². The van der Waals surface area contributed by atoms with E-state index in [4.69, 9.17) is 4.74 Å². The van der Waals surface area contributed by atoms with Crippen LogP contribution in [0.2, 0.25) is 0 Å². The second-order valence-electron chi connectivity index (χ2n) is 5.65. The molecule has 0 aromatic carbocycles. The third-order valence-electron chi connectivity index (χ3n) is 4.41. The van der Waals surface area contributed by atoms with Crippen LogP contribution in [-0.4, -0.2) is 54.7 Å². The van der Waals surface area contributed by atoms with Gasteiger partial charge in [0.05, 0.1) is 6.26 Å². The van der Waals surface area contributed by atoms with Crippen molar-refractivity contribution in [1.82, 2.24) is 9.80 Å². The summed E-state index contributed by atoms with van der Waals surface area (Å²) in [6, 6.07) is 0.830. The lowest BCUT2D eigenvalue weighted by Crippen LogP contribution is -2.56. The number of hydrogen-bond acceptors (Lipinski definition) is 3. The molecule has 3 nitrogen and oxygen atoms in total. The topological polar surface area (TPSA) is 15.7 Å². The van der Waals surface area contributed by atoms with Crippen molar-refractivity contribution in [2.24, 2.45) is 0 Å². The second kappa shape index (κ2) is 5.40. The van der Waals surface area contributed by atoms with E-state index in [0.717, 1.165) is 12.6 Å². The number of ether oxygens (including phenoxy) is 1. The molecule has 2 unspecified atom stereocenters. The normalized spacial score (nSPS) is 35.3. The van der Waals surface area contributed by atoms with Gasteiger partial charge in [0.25, 0.3) is 0 Å². The fraction of sp³-hybridized carbons (Fsp3) is 0.857. The predicted molar refractivity (Wildman–Crippen MR) is 68.9 cm³/mol. The van der Waals surface area contributed by atoms with Gasteiger partial charge in [0.15, 0.2) is 0 Å². The Kier molecular flexibility index (Phi) is 3.67. The summed E-state index contributed by atoms with van der Waals surface area (Å²) in [4.78, 5) is 5.32. The summed E-state index contributed by atoms with van der Waals surface area (Å²) in [6.45, 7) is 6.24. The van der Waals surface area contributed by atoms with E-state index in [2.05, 4.69) is 15.9 Å². The van der Waals surface area contributed by atoms with E-state index in [0.29, 0.717) is 6.10 Å². The highest BCUT2D eigenvalue weighted by Gasteiger charge is 2.29. The maximum Gasteiger partial charge on any atom is 0.111 e. The predicted octanol–water partition coefficient (Wildman–Crippen LogP) is 1.85. The van der Waals surface area contributed by atoms with Gasteiger partial charge in [-0.05, 0) is 38.3 Å². The highest BCUT2D eigenvalue weighted by atomic mass is 16.5. The van der Waals surface area contributed by atoms with Crippen molar-refractivity contribution in [2.45, 2.75) is 44.2 Å². The first kappa shape index (κ1) is 11.5. The monoisotopic (exact) mass is 236 g/mol. The minimum atomic E-state index is 0.440. The number of piperidine rings is 1. The maximum absolute atomic E-state index is 5.68. The Morgan fingerprint density at radius 1 is 1.12 bits per heavy atom. The lowest BCUT2D eigenvalue weighted by molar-refractivity contribution is 0.0152. The van der Waals surface area contributed by atoms with Crippen molar-refractivity contribution in [3.63, 3.8) is 0 Å². The van der Waals surface area contributed by atoms with E-state index in [-0.39, 0.29) is 0 Å². The molecule has 96 valence electrons. The molecular weight excluding hydrogens is 212 g/mol. The number of nitrogens with zero attached hydrogens (tertiary/aromatic N) is 2. The van der Waals surface area contributed by atoms with E-state index < -0.39 is 0 Å². The molecule has 2 fully saturated rings. The fourth-order valence-corrected chi connectivity index (χ4v) is 3.39. The average Bonchev–Trinajstić information content (AvgIpc) is 2.40. The number of hydrogen-bond donors (Lipinski definition) is 0. The highest BCUT2D eigenvalue weighted by Crippen LogP contribution is 2.22. The lowest BCUT2D eigenvalue weighted by atomic mass is 9.99. The summed E-state index contributed by atoms with van der Waals surface area (Å²) in [5, 5.41) is 0. The number of rotatable bonds is 2. The molecule has 3 aliphatic heterocycles. The highest BCUT2D eigenvalue weighted by molar-refractivity contribution is 4.88. The van der Waals surface area contributed by atoms with Crippen molar-refractivity contribution in [2.75, 3.05) is 32.7 Å². The van der Waals surface area contributed by atoms with Crippen LogP contribution in [0.3, 0.4) is 0 Å². The number of piperazine rings is 1.